The molecule has 3 fully saturated rings. The molecule has 0 bridgehead atoms. The number of fused-ring (bicyclic) bond motifs is 1. The first-order chi connectivity index (χ1) is 15.2. The van der Waals surface area contributed by atoms with Gasteiger partial charge in [-0.1, -0.05) is 38.8 Å². The summed E-state index contributed by atoms with van der Waals surface area (Å²) in [6, 6.07) is 5.68. The molecule has 1 aromatic carbocycles. The normalized spacial score (nSPS) is 24.6. The number of hydrogen-bond donors (Lipinski definition) is 2. The van der Waals surface area contributed by atoms with Crippen LogP contribution in [0.15, 0.2) is 24.3 Å². The largest absolute Gasteiger partial charge is 0.481 e. The zero-order valence-electron chi connectivity index (χ0n) is 18.7. The fourth-order valence-corrected chi connectivity index (χ4v) is 5.52. The summed E-state index contributed by atoms with van der Waals surface area (Å²) in [5.41, 5.74) is 1.05. The van der Waals surface area contributed by atoms with Crippen LogP contribution in [0.3, 0.4) is 0 Å². The van der Waals surface area contributed by atoms with E-state index in [1.807, 2.05) is 12.1 Å². The van der Waals surface area contributed by atoms with Crippen LogP contribution in [-0.4, -0.2) is 52.4 Å². The van der Waals surface area contributed by atoms with E-state index >= 15 is 0 Å². The third-order valence-corrected chi connectivity index (χ3v) is 7.24. The number of anilines is 1. The Hall–Kier alpha value is -2.90. The van der Waals surface area contributed by atoms with Gasteiger partial charge in [-0.2, -0.15) is 0 Å². The number of carbonyl (C=O) groups is 4. The van der Waals surface area contributed by atoms with E-state index in [1.165, 1.54) is 0 Å². The van der Waals surface area contributed by atoms with E-state index in [9.17, 15) is 24.3 Å². The minimum atomic E-state index is -0.893. The van der Waals surface area contributed by atoms with Gasteiger partial charge in [0.1, 0.15) is 6.04 Å². The molecule has 32 heavy (non-hydrogen) atoms. The van der Waals surface area contributed by atoms with Crippen molar-refractivity contribution < 1.29 is 24.3 Å². The molecule has 2 N–H and O–H groups in total. The van der Waals surface area contributed by atoms with E-state index in [0.29, 0.717) is 37.4 Å². The molecule has 3 aliphatic rings. The van der Waals surface area contributed by atoms with Crippen LogP contribution in [0.1, 0.15) is 70.3 Å². The summed E-state index contributed by atoms with van der Waals surface area (Å²) in [7, 11) is 0. The highest BCUT2D eigenvalue weighted by molar-refractivity contribution is 6.19. The maximum absolute atomic E-state index is 13.4. The summed E-state index contributed by atoms with van der Waals surface area (Å²) in [6.45, 7) is 4.52. The van der Waals surface area contributed by atoms with Crippen LogP contribution in [-0.2, 0) is 14.4 Å². The fraction of sp³-hybridized carbons (Fsp3) is 0.583. The Morgan fingerprint density at radius 1 is 1.12 bits per heavy atom. The molecule has 0 aromatic heterocycles. The van der Waals surface area contributed by atoms with E-state index in [4.69, 9.17) is 0 Å². The number of likely N-dealkylation sites (tertiary alicyclic amines) is 1. The molecular weight excluding hydrogens is 410 g/mol. The molecule has 4 rings (SSSR count). The minimum absolute atomic E-state index is 0.0281. The Labute approximate surface area is 187 Å². The van der Waals surface area contributed by atoms with E-state index in [0.717, 1.165) is 23.3 Å². The smallest absolute Gasteiger partial charge is 0.329 e. The lowest BCUT2D eigenvalue weighted by molar-refractivity contribution is -0.143. The molecule has 4 amide bonds. The van der Waals surface area contributed by atoms with Crippen LogP contribution in [0.4, 0.5) is 10.5 Å². The van der Waals surface area contributed by atoms with E-state index in [2.05, 4.69) is 19.2 Å². The molecule has 2 aliphatic heterocycles. The highest BCUT2D eigenvalue weighted by atomic mass is 16.4. The summed E-state index contributed by atoms with van der Waals surface area (Å²) < 4.78 is 0. The molecule has 2 saturated heterocycles. The summed E-state index contributed by atoms with van der Waals surface area (Å²) in [5.74, 6) is -1.16. The Morgan fingerprint density at radius 2 is 1.78 bits per heavy atom. The Morgan fingerprint density at radius 3 is 2.38 bits per heavy atom. The van der Waals surface area contributed by atoms with Gasteiger partial charge in [0.15, 0.2) is 0 Å². The van der Waals surface area contributed by atoms with Crippen LogP contribution in [0.25, 0.3) is 0 Å². The number of carbonyl (C=O) groups excluding carboxylic acids is 3. The van der Waals surface area contributed by atoms with Crippen molar-refractivity contribution in [3.63, 3.8) is 0 Å². The van der Waals surface area contributed by atoms with Crippen LogP contribution in [0.2, 0.25) is 0 Å². The predicted molar refractivity (Wildman–Crippen MR) is 118 cm³/mol. The standard InChI is InChI=1S/C24H31N3O5/c1-15(2)16-5-7-17(8-6-16)27-22(31)21-18(25-23(27)32)9-12-26(21)19(28)13-24(14-20(29)30)10-3-4-11-24/h5-8,15,18,21H,3-4,9-14H2,1-2H3,(H,25,32)(H,29,30)/t18-,21-/m1/s1. The second-order valence-electron chi connectivity index (χ2n) is 9.75. The van der Waals surface area contributed by atoms with Gasteiger partial charge >= 0.3 is 12.0 Å². The molecule has 0 unspecified atom stereocenters. The third kappa shape index (κ3) is 4.10. The van der Waals surface area contributed by atoms with Gasteiger partial charge in [-0.3, -0.25) is 14.4 Å². The number of nitrogens with one attached hydrogen (secondary N) is 1. The molecule has 8 heteroatoms. The second-order valence-corrected chi connectivity index (χ2v) is 9.75. The van der Waals surface area contributed by atoms with Gasteiger partial charge in [0.25, 0.3) is 5.91 Å². The maximum Gasteiger partial charge on any atom is 0.329 e. The average molecular weight is 442 g/mol. The third-order valence-electron chi connectivity index (χ3n) is 7.24. The number of urea groups is 1. The molecule has 1 saturated carbocycles. The van der Waals surface area contributed by atoms with Gasteiger partial charge in [0, 0.05) is 13.0 Å². The number of aliphatic carboxylic acids is 1. The zero-order valence-corrected chi connectivity index (χ0v) is 18.7. The lowest BCUT2D eigenvalue weighted by Crippen LogP contribution is -2.65. The van der Waals surface area contributed by atoms with E-state index < -0.39 is 35.4 Å². The van der Waals surface area contributed by atoms with Crippen LogP contribution >= 0.6 is 0 Å². The number of carboxylic acid groups (broad SMARTS) is 1. The predicted octanol–water partition coefficient (Wildman–Crippen LogP) is 3.26. The molecule has 172 valence electrons. The maximum atomic E-state index is 13.4. The van der Waals surface area contributed by atoms with Gasteiger partial charge in [-0.05, 0) is 48.3 Å². The number of imide groups is 1. The Kier molecular flexibility index (Phi) is 5.97. The average Bonchev–Trinajstić information content (AvgIpc) is 3.35. The van der Waals surface area contributed by atoms with Crippen molar-refractivity contribution in [2.24, 2.45) is 5.41 Å². The molecule has 0 radical (unpaired) electrons. The van der Waals surface area contributed by atoms with Crippen molar-refractivity contribution >= 4 is 29.5 Å². The monoisotopic (exact) mass is 441 g/mol. The summed E-state index contributed by atoms with van der Waals surface area (Å²) in [4.78, 5) is 53.5. The molecule has 1 aliphatic carbocycles. The molecule has 2 heterocycles. The fourth-order valence-electron chi connectivity index (χ4n) is 5.52. The number of benzene rings is 1. The first-order valence-corrected chi connectivity index (χ1v) is 11.5. The number of amides is 4. The Bertz CT molecular complexity index is 920. The quantitative estimate of drug-likeness (QED) is 0.705. The van der Waals surface area contributed by atoms with Crippen LogP contribution < -0.4 is 10.2 Å². The number of nitrogens with zero attached hydrogens (tertiary/aromatic N) is 2. The van der Waals surface area contributed by atoms with Gasteiger partial charge in [-0.15, -0.1) is 0 Å². The molecular formula is C24H31N3O5. The number of hydrogen-bond acceptors (Lipinski definition) is 4. The summed E-state index contributed by atoms with van der Waals surface area (Å²) in [6.07, 6.45) is 3.88. The summed E-state index contributed by atoms with van der Waals surface area (Å²) in [5, 5.41) is 12.3. The van der Waals surface area contributed by atoms with E-state index in [-0.39, 0.29) is 18.7 Å². The van der Waals surface area contributed by atoms with E-state index in [1.54, 1.807) is 17.0 Å². The van der Waals surface area contributed by atoms with Gasteiger partial charge in [0.05, 0.1) is 18.2 Å². The molecule has 1 aromatic rings. The highest BCUT2D eigenvalue weighted by Gasteiger charge is 2.51. The van der Waals surface area contributed by atoms with Crippen molar-refractivity contribution in [3.05, 3.63) is 29.8 Å². The minimum Gasteiger partial charge on any atom is -0.481 e. The van der Waals surface area contributed by atoms with Gasteiger partial charge in [0.2, 0.25) is 5.91 Å². The topological polar surface area (TPSA) is 107 Å². The van der Waals surface area contributed by atoms with Crippen molar-refractivity contribution in [1.82, 2.24) is 10.2 Å². The SMILES string of the molecule is CC(C)c1ccc(N2C(=O)N[C@@H]3CCN(C(=O)CC4(CC(=O)O)CCCC4)[C@H]3C2=O)cc1. The van der Waals surface area contributed by atoms with Crippen LogP contribution in [0, 0.1) is 5.41 Å². The molecule has 8 nitrogen and oxygen atoms in total. The van der Waals surface area contributed by atoms with Crippen molar-refractivity contribution in [2.45, 2.75) is 76.8 Å². The lowest BCUT2D eigenvalue weighted by Gasteiger charge is -2.38. The first-order valence-electron chi connectivity index (χ1n) is 11.5. The van der Waals surface area contributed by atoms with Crippen LogP contribution in [0.5, 0.6) is 0 Å². The van der Waals surface area contributed by atoms with Gasteiger partial charge < -0.3 is 15.3 Å². The first kappa shape index (κ1) is 22.3. The molecule has 0 spiro atoms. The lowest BCUT2D eigenvalue weighted by atomic mass is 9.79. The Balaban J connectivity index is 1.54. The van der Waals surface area contributed by atoms with Gasteiger partial charge in [-0.25, -0.2) is 9.69 Å². The zero-order chi connectivity index (χ0) is 23.0. The number of rotatable bonds is 6. The molecule has 2 atom stereocenters. The summed E-state index contributed by atoms with van der Waals surface area (Å²) >= 11 is 0. The highest BCUT2D eigenvalue weighted by Crippen LogP contribution is 2.45. The number of carboxylic acids is 1. The van der Waals surface area contributed by atoms with Crippen molar-refractivity contribution in [1.29, 1.82) is 0 Å². The van der Waals surface area contributed by atoms with Crippen molar-refractivity contribution in [2.75, 3.05) is 11.4 Å². The van der Waals surface area contributed by atoms with Crippen molar-refractivity contribution in [3.8, 4) is 0 Å². The second kappa shape index (κ2) is 8.56.